The molecule has 0 fully saturated rings. The van der Waals surface area contributed by atoms with Gasteiger partial charge in [0.25, 0.3) is 5.91 Å². The highest BCUT2D eigenvalue weighted by atomic mass is 35.5. The third-order valence-corrected chi connectivity index (χ3v) is 3.65. The molecule has 0 saturated carbocycles. The fraction of sp³-hybridized carbons (Fsp3) is 0.0588. The lowest BCUT2D eigenvalue weighted by Gasteiger charge is -2.08. The first-order chi connectivity index (χ1) is 12.1. The number of nitrogens with zero attached hydrogens (tertiary/aromatic N) is 3. The smallest absolute Gasteiger partial charge is 0.274 e. The molecule has 0 bridgehead atoms. The topological polar surface area (TPSA) is 79.8 Å². The number of benzene rings is 1. The molecular weight excluding hydrogens is 361 g/mol. The van der Waals surface area contributed by atoms with Gasteiger partial charge in [0, 0.05) is 40.7 Å². The summed E-state index contributed by atoms with van der Waals surface area (Å²) in [6.45, 7) is 0.538. The molecular formula is C17H13Cl2N5O. The molecule has 25 heavy (non-hydrogen) atoms. The summed E-state index contributed by atoms with van der Waals surface area (Å²) >= 11 is 11.9. The fourth-order valence-electron chi connectivity index (χ4n) is 2.09. The van der Waals surface area contributed by atoms with Crippen LogP contribution in [0.5, 0.6) is 0 Å². The third-order valence-electron chi connectivity index (χ3n) is 3.22. The molecule has 1 amide bonds. The van der Waals surface area contributed by atoms with Gasteiger partial charge >= 0.3 is 0 Å². The molecule has 3 rings (SSSR count). The Morgan fingerprint density at radius 3 is 2.60 bits per heavy atom. The first kappa shape index (κ1) is 17.1. The first-order valence-corrected chi connectivity index (χ1v) is 8.08. The largest absolute Gasteiger partial charge is 0.366 e. The van der Waals surface area contributed by atoms with Crippen molar-refractivity contribution in [2.75, 3.05) is 10.6 Å². The van der Waals surface area contributed by atoms with Crippen LogP contribution in [0.3, 0.4) is 0 Å². The van der Waals surface area contributed by atoms with Crippen molar-refractivity contribution in [3.63, 3.8) is 0 Å². The molecule has 2 N–H and O–H groups in total. The monoisotopic (exact) mass is 373 g/mol. The molecule has 126 valence electrons. The number of carbonyl (C=O) groups is 1. The summed E-state index contributed by atoms with van der Waals surface area (Å²) in [6.07, 6.45) is 4.79. The van der Waals surface area contributed by atoms with Crippen LogP contribution >= 0.6 is 23.2 Å². The SMILES string of the molecule is O=C(Nc1cc(Cl)cc(Cl)c1)c1cc(NCc2cccnc2)ncn1. The minimum Gasteiger partial charge on any atom is -0.366 e. The molecule has 0 aliphatic heterocycles. The van der Waals surface area contributed by atoms with Crippen LogP contribution in [0.25, 0.3) is 0 Å². The van der Waals surface area contributed by atoms with E-state index in [0.717, 1.165) is 5.56 Å². The van der Waals surface area contributed by atoms with Crippen LogP contribution in [-0.2, 0) is 6.54 Å². The quantitative estimate of drug-likeness (QED) is 0.705. The normalized spacial score (nSPS) is 10.3. The third kappa shape index (κ3) is 4.89. The van der Waals surface area contributed by atoms with Crippen molar-refractivity contribution < 1.29 is 4.79 Å². The van der Waals surface area contributed by atoms with Crippen molar-refractivity contribution in [3.8, 4) is 0 Å². The van der Waals surface area contributed by atoms with E-state index < -0.39 is 0 Å². The Balaban J connectivity index is 1.68. The average Bonchev–Trinajstić information content (AvgIpc) is 2.60. The molecule has 2 aromatic heterocycles. The van der Waals surface area contributed by atoms with Gasteiger partial charge in [-0.25, -0.2) is 9.97 Å². The van der Waals surface area contributed by atoms with Gasteiger partial charge in [-0.3, -0.25) is 9.78 Å². The zero-order valence-electron chi connectivity index (χ0n) is 12.9. The van der Waals surface area contributed by atoms with Crippen LogP contribution in [-0.4, -0.2) is 20.9 Å². The molecule has 0 aliphatic rings. The van der Waals surface area contributed by atoms with Gasteiger partial charge in [0.05, 0.1) is 0 Å². The number of nitrogens with one attached hydrogen (secondary N) is 2. The predicted octanol–water partition coefficient (Wildman–Crippen LogP) is 4.04. The molecule has 8 heteroatoms. The van der Waals surface area contributed by atoms with Gasteiger partial charge in [-0.05, 0) is 29.8 Å². The van der Waals surface area contributed by atoms with Gasteiger partial charge in [-0.15, -0.1) is 0 Å². The number of hydrogen-bond acceptors (Lipinski definition) is 5. The van der Waals surface area contributed by atoms with E-state index >= 15 is 0 Å². The minimum atomic E-state index is -0.384. The Morgan fingerprint density at radius 2 is 1.88 bits per heavy atom. The number of aromatic nitrogens is 3. The van der Waals surface area contributed by atoms with E-state index in [0.29, 0.717) is 28.1 Å². The van der Waals surface area contributed by atoms with E-state index in [1.165, 1.54) is 6.33 Å². The van der Waals surface area contributed by atoms with Gasteiger partial charge in [-0.2, -0.15) is 0 Å². The highest BCUT2D eigenvalue weighted by Gasteiger charge is 2.10. The Kier molecular flexibility index (Phi) is 5.42. The first-order valence-electron chi connectivity index (χ1n) is 7.32. The van der Waals surface area contributed by atoms with E-state index in [1.807, 2.05) is 12.1 Å². The van der Waals surface area contributed by atoms with Crippen LogP contribution in [0.4, 0.5) is 11.5 Å². The maximum atomic E-state index is 12.3. The van der Waals surface area contributed by atoms with Gasteiger partial charge in [-0.1, -0.05) is 29.3 Å². The van der Waals surface area contributed by atoms with Crippen molar-refractivity contribution in [2.45, 2.75) is 6.54 Å². The van der Waals surface area contributed by atoms with Crippen molar-refractivity contribution >= 4 is 40.6 Å². The van der Waals surface area contributed by atoms with Gasteiger partial charge in [0.15, 0.2) is 0 Å². The van der Waals surface area contributed by atoms with Gasteiger partial charge < -0.3 is 10.6 Å². The summed E-state index contributed by atoms with van der Waals surface area (Å²) in [6, 6.07) is 10.2. The highest BCUT2D eigenvalue weighted by molar-refractivity contribution is 6.35. The van der Waals surface area contributed by atoms with Crippen molar-refractivity contribution in [3.05, 3.63) is 76.4 Å². The van der Waals surface area contributed by atoms with Gasteiger partial charge in [0.2, 0.25) is 0 Å². The average molecular weight is 374 g/mol. The lowest BCUT2D eigenvalue weighted by atomic mass is 10.3. The predicted molar refractivity (Wildman–Crippen MR) is 98.0 cm³/mol. The zero-order valence-corrected chi connectivity index (χ0v) is 14.4. The number of halogens is 2. The maximum absolute atomic E-state index is 12.3. The van der Waals surface area contributed by atoms with Crippen LogP contribution in [0.1, 0.15) is 16.1 Å². The maximum Gasteiger partial charge on any atom is 0.274 e. The van der Waals surface area contributed by atoms with Crippen LogP contribution in [0.15, 0.2) is 55.1 Å². The van der Waals surface area contributed by atoms with Gasteiger partial charge in [0.1, 0.15) is 17.8 Å². The second-order valence-electron chi connectivity index (χ2n) is 5.12. The highest BCUT2D eigenvalue weighted by Crippen LogP contribution is 2.22. The molecule has 3 aromatic rings. The molecule has 1 aromatic carbocycles. The Morgan fingerprint density at radius 1 is 1.08 bits per heavy atom. The Hall–Kier alpha value is -2.70. The summed E-state index contributed by atoms with van der Waals surface area (Å²) in [7, 11) is 0. The lowest BCUT2D eigenvalue weighted by Crippen LogP contribution is -2.14. The zero-order chi connectivity index (χ0) is 17.6. The van der Waals surface area contributed by atoms with E-state index in [2.05, 4.69) is 25.6 Å². The second kappa shape index (κ2) is 7.92. The molecule has 0 aliphatic carbocycles. The fourth-order valence-corrected chi connectivity index (χ4v) is 2.62. The van der Waals surface area contributed by atoms with Crippen LogP contribution in [0, 0.1) is 0 Å². The molecule has 6 nitrogen and oxygen atoms in total. The molecule has 2 heterocycles. The van der Waals surface area contributed by atoms with Crippen LogP contribution in [0.2, 0.25) is 10.0 Å². The molecule has 0 unspecified atom stereocenters. The number of carbonyl (C=O) groups excluding carboxylic acids is 1. The molecule has 0 saturated heterocycles. The van der Waals surface area contributed by atoms with E-state index in [4.69, 9.17) is 23.2 Å². The summed E-state index contributed by atoms with van der Waals surface area (Å²) in [5, 5.41) is 6.70. The van der Waals surface area contributed by atoms with Crippen molar-refractivity contribution in [1.82, 2.24) is 15.0 Å². The number of hydrogen-bond donors (Lipinski definition) is 2. The standard InChI is InChI=1S/C17H13Cl2N5O/c18-12-4-13(19)6-14(5-12)24-17(25)15-7-16(23-10-22-15)21-9-11-2-1-3-20-8-11/h1-8,10H,9H2,(H,24,25)(H,21,22,23). The number of anilines is 2. The minimum absolute atomic E-state index is 0.222. The number of pyridine rings is 1. The van der Waals surface area contributed by atoms with Crippen LogP contribution < -0.4 is 10.6 Å². The summed E-state index contributed by atoms with van der Waals surface area (Å²) in [5.74, 6) is 0.151. The Labute approximate surface area is 154 Å². The molecule has 0 radical (unpaired) electrons. The second-order valence-corrected chi connectivity index (χ2v) is 5.99. The van der Waals surface area contributed by atoms with Crippen molar-refractivity contribution in [2.24, 2.45) is 0 Å². The van der Waals surface area contributed by atoms with E-state index in [-0.39, 0.29) is 11.6 Å². The summed E-state index contributed by atoms with van der Waals surface area (Å²) in [5.41, 5.74) is 1.71. The summed E-state index contributed by atoms with van der Waals surface area (Å²) in [4.78, 5) is 24.5. The Bertz CT molecular complexity index is 869. The molecule has 0 spiro atoms. The van der Waals surface area contributed by atoms with Crippen molar-refractivity contribution in [1.29, 1.82) is 0 Å². The van der Waals surface area contributed by atoms with E-state index in [9.17, 15) is 4.79 Å². The summed E-state index contributed by atoms with van der Waals surface area (Å²) < 4.78 is 0. The number of rotatable bonds is 5. The molecule has 0 atom stereocenters. The van der Waals surface area contributed by atoms with E-state index in [1.54, 1.807) is 36.7 Å². The number of amides is 1. The lowest BCUT2D eigenvalue weighted by molar-refractivity contribution is 0.102.